The Morgan fingerprint density at radius 2 is 2.11 bits per heavy atom. The molecule has 0 bridgehead atoms. The molecule has 1 aliphatic heterocycles. The first kappa shape index (κ1) is 16.0. The maximum absolute atomic E-state index is 13.4. The fourth-order valence-corrected chi connectivity index (χ4v) is 4.06. The van der Waals surface area contributed by atoms with E-state index in [2.05, 4.69) is 20.2 Å². The summed E-state index contributed by atoms with van der Waals surface area (Å²) >= 11 is 6.34. The molecule has 5 heterocycles. The molecule has 1 fully saturated rings. The summed E-state index contributed by atoms with van der Waals surface area (Å²) in [5.41, 5.74) is 3.52. The quantitative estimate of drug-likeness (QED) is 0.556. The third-order valence-corrected chi connectivity index (χ3v) is 5.79. The predicted molar refractivity (Wildman–Crippen MR) is 100 cm³/mol. The van der Waals surface area contributed by atoms with Crippen LogP contribution in [0.1, 0.15) is 12.8 Å². The van der Waals surface area contributed by atoms with Crippen molar-refractivity contribution in [2.75, 3.05) is 6.61 Å². The van der Waals surface area contributed by atoms with Gasteiger partial charge in [-0.05, 0) is 31.0 Å². The van der Waals surface area contributed by atoms with Crippen molar-refractivity contribution in [3.63, 3.8) is 0 Å². The van der Waals surface area contributed by atoms with Gasteiger partial charge in [0.2, 0.25) is 5.88 Å². The summed E-state index contributed by atoms with van der Waals surface area (Å²) in [5.74, 6) is 0.273. The molecule has 4 aromatic rings. The van der Waals surface area contributed by atoms with Crippen LogP contribution in [0.2, 0.25) is 5.15 Å². The van der Waals surface area contributed by atoms with Gasteiger partial charge in [0.05, 0.1) is 36.0 Å². The molecule has 0 saturated heterocycles. The first-order valence-electron chi connectivity index (χ1n) is 8.98. The van der Waals surface area contributed by atoms with Crippen LogP contribution in [0.5, 0.6) is 5.88 Å². The van der Waals surface area contributed by atoms with Crippen LogP contribution in [0.3, 0.4) is 0 Å². The second kappa shape index (κ2) is 5.51. The monoisotopic (exact) mass is 396 g/mol. The van der Waals surface area contributed by atoms with Gasteiger partial charge in [0, 0.05) is 17.2 Å². The topological polar surface area (TPSA) is 81.5 Å². The van der Waals surface area contributed by atoms with Crippen LogP contribution in [0.15, 0.2) is 30.6 Å². The van der Waals surface area contributed by atoms with E-state index in [1.54, 1.807) is 12.3 Å². The fraction of sp³-hybridized carbons (Fsp3) is 0.263. The summed E-state index contributed by atoms with van der Waals surface area (Å²) in [5, 5.41) is 12.7. The summed E-state index contributed by atoms with van der Waals surface area (Å²) < 4.78 is 21.5. The van der Waals surface area contributed by atoms with Crippen molar-refractivity contribution in [1.29, 1.82) is 0 Å². The molecule has 140 valence electrons. The lowest BCUT2D eigenvalue weighted by Gasteiger charge is -2.24. The van der Waals surface area contributed by atoms with E-state index in [9.17, 15) is 4.39 Å². The number of hydrogen-bond donors (Lipinski definition) is 1. The molecule has 9 heteroatoms. The molecule has 1 spiro atoms. The number of ether oxygens (including phenoxy) is 1. The Hall–Kier alpha value is -3.00. The van der Waals surface area contributed by atoms with Gasteiger partial charge in [-0.25, -0.2) is 14.1 Å². The van der Waals surface area contributed by atoms with Crippen LogP contribution >= 0.6 is 11.6 Å². The number of aromatic amines is 1. The number of hydrogen-bond acceptors (Lipinski definition) is 5. The average Bonchev–Trinajstić information content (AvgIpc) is 3.17. The van der Waals surface area contributed by atoms with Crippen molar-refractivity contribution in [1.82, 2.24) is 29.9 Å². The van der Waals surface area contributed by atoms with Crippen LogP contribution in [-0.2, 0) is 6.54 Å². The zero-order valence-electron chi connectivity index (χ0n) is 14.6. The number of pyridine rings is 2. The highest BCUT2D eigenvalue weighted by Crippen LogP contribution is 2.53. The molecular formula is C19H14ClFN6O. The van der Waals surface area contributed by atoms with Gasteiger partial charge >= 0.3 is 0 Å². The van der Waals surface area contributed by atoms with Gasteiger partial charge in [0.15, 0.2) is 10.8 Å². The van der Waals surface area contributed by atoms with E-state index in [1.165, 1.54) is 12.3 Å². The normalized spacial score (nSPS) is 16.9. The van der Waals surface area contributed by atoms with Crippen LogP contribution in [0.25, 0.3) is 33.5 Å². The van der Waals surface area contributed by atoms with E-state index >= 15 is 0 Å². The zero-order valence-corrected chi connectivity index (χ0v) is 15.4. The molecule has 2 aliphatic rings. The zero-order chi connectivity index (χ0) is 18.9. The van der Waals surface area contributed by atoms with Crippen molar-refractivity contribution in [2.24, 2.45) is 5.41 Å². The Bertz CT molecular complexity index is 1230. The molecule has 6 rings (SSSR count). The minimum atomic E-state index is -0.397. The Morgan fingerprint density at radius 1 is 1.21 bits per heavy atom. The summed E-state index contributed by atoms with van der Waals surface area (Å²) in [7, 11) is 0. The molecule has 1 aliphatic carbocycles. The maximum atomic E-state index is 13.4. The van der Waals surface area contributed by atoms with Crippen LogP contribution in [-0.4, -0.2) is 36.6 Å². The molecule has 7 nitrogen and oxygen atoms in total. The van der Waals surface area contributed by atoms with Crippen molar-refractivity contribution in [2.45, 2.75) is 19.4 Å². The lowest BCUT2D eigenvalue weighted by molar-refractivity contribution is 0.149. The predicted octanol–water partition coefficient (Wildman–Crippen LogP) is 3.85. The van der Waals surface area contributed by atoms with Gasteiger partial charge in [0.25, 0.3) is 0 Å². The van der Waals surface area contributed by atoms with Gasteiger partial charge in [0.1, 0.15) is 11.5 Å². The molecule has 1 N–H and O–H groups in total. The average molecular weight is 397 g/mol. The minimum Gasteiger partial charge on any atom is -0.477 e. The van der Waals surface area contributed by atoms with E-state index in [1.807, 2.05) is 10.7 Å². The highest BCUT2D eigenvalue weighted by molar-refractivity contribution is 6.35. The third kappa shape index (κ3) is 2.27. The molecule has 0 radical (unpaired) electrons. The number of fused-ring (bicyclic) bond motifs is 2. The van der Waals surface area contributed by atoms with E-state index < -0.39 is 5.82 Å². The highest BCUT2D eigenvalue weighted by Gasteiger charge is 2.48. The number of halogens is 2. The van der Waals surface area contributed by atoms with Crippen LogP contribution in [0.4, 0.5) is 4.39 Å². The summed E-state index contributed by atoms with van der Waals surface area (Å²) in [6, 6.07) is 4.86. The Morgan fingerprint density at radius 3 is 2.89 bits per heavy atom. The van der Waals surface area contributed by atoms with Crippen molar-refractivity contribution in [3.8, 4) is 28.4 Å². The lowest BCUT2D eigenvalue weighted by atomic mass is 10.0. The molecular weight excluding hydrogens is 383 g/mol. The van der Waals surface area contributed by atoms with Gasteiger partial charge in [-0.2, -0.15) is 10.2 Å². The molecule has 28 heavy (non-hydrogen) atoms. The number of nitrogens with zero attached hydrogens (tertiary/aromatic N) is 5. The third-order valence-electron chi connectivity index (χ3n) is 5.52. The van der Waals surface area contributed by atoms with Crippen molar-refractivity contribution >= 4 is 22.6 Å². The van der Waals surface area contributed by atoms with Gasteiger partial charge < -0.3 is 4.74 Å². The molecule has 0 atom stereocenters. The fourth-order valence-electron chi connectivity index (χ4n) is 3.82. The van der Waals surface area contributed by atoms with E-state index in [0.29, 0.717) is 40.1 Å². The Balaban J connectivity index is 1.64. The molecule has 4 aromatic heterocycles. The van der Waals surface area contributed by atoms with Gasteiger partial charge in [-0.3, -0.25) is 10.1 Å². The summed E-state index contributed by atoms with van der Waals surface area (Å²) in [6.07, 6.45) is 5.15. The smallest absolute Gasteiger partial charge is 0.220 e. The number of aromatic nitrogens is 6. The van der Waals surface area contributed by atoms with Crippen molar-refractivity contribution < 1.29 is 9.13 Å². The number of rotatable bonds is 2. The van der Waals surface area contributed by atoms with Gasteiger partial charge in [-0.1, -0.05) is 11.6 Å². The second-order valence-corrected chi connectivity index (χ2v) is 7.79. The highest BCUT2D eigenvalue weighted by atomic mass is 35.5. The lowest BCUT2D eigenvalue weighted by Crippen LogP contribution is -2.27. The molecule has 0 aromatic carbocycles. The largest absolute Gasteiger partial charge is 0.477 e. The summed E-state index contributed by atoms with van der Waals surface area (Å²) in [6.45, 7) is 1.46. The van der Waals surface area contributed by atoms with E-state index in [-0.39, 0.29) is 5.41 Å². The molecule has 0 unspecified atom stereocenters. The molecule has 1 saturated carbocycles. The van der Waals surface area contributed by atoms with Crippen molar-refractivity contribution in [3.05, 3.63) is 41.6 Å². The maximum Gasteiger partial charge on any atom is 0.220 e. The molecule has 0 amide bonds. The van der Waals surface area contributed by atoms with E-state index in [0.717, 1.165) is 30.5 Å². The number of H-pyrrole nitrogens is 1. The van der Waals surface area contributed by atoms with Gasteiger partial charge in [-0.15, -0.1) is 0 Å². The standard InChI is InChI=1S/C19H14ClFN6O/c20-16-14-11(3-6-22-17(14)25-24-16)13-15(12-2-1-10(21)7-23-12)26-27-8-19(4-5-19)9-28-18(13)27/h1-3,6-7H,4-5,8-9H2,(H,22,24,25). The Labute approximate surface area is 163 Å². The second-order valence-electron chi connectivity index (χ2n) is 7.43. The van der Waals surface area contributed by atoms with E-state index in [4.69, 9.17) is 21.4 Å². The Kier molecular flexibility index (Phi) is 3.15. The first-order valence-corrected chi connectivity index (χ1v) is 9.36. The SMILES string of the molecule is Fc1ccc(-c2nn3c(c2-c2ccnc4[nH]nc(Cl)c24)OCC2(CC2)C3)nc1. The minimum absolute atomic E-state index is 0.185. The summed E-state index contributed by atoms with van der Waals surface area (Å²) in [4.78, 5) is 8.54. The van der Waals surface area contributed by atoms with Crippen LogP contribution in [0, 0.1) is 11.2 Å². The van der Waals surface area contributed by atoms with Crippen LogP contribution < -0.4 is 4.74 Å². The first-order chi connectivity index (χ1) is 13.6. The number of nitrogens with one attached hydrogen (secondary N) is 1.